The minimum Gasteiger partial charge on any atom is -0.390 e. The standard InChI is InChI=1S/C31H39F3N4O2/c1-30(2,3)22-6-5-7-23(13-22)31(9-8-27-21(15-31)18-38(4)37-27)36-17-29(40)28(35-16-26(34)19-39)12-20-10-24(32)14-25(33)11-20/h5-7,10-11,13-14,18-19,26,28-29,35-36,40H,8-9,12,15-17H2,1-4H3. The Bertz CT molecular complexity index is 1300. The highest BCUT2D eigenvalue weighted by Crippen LogP contribution is 2.38. The molecule has 6 nitrogen and oxygen atoms in total. The Morgan fingerprint density at radius 2 is 1.88 bits per heavy atom. The minimum absolute atomic E-state index is 0.0440. The van der Waals surface area contributed by atoms with Crippen molar-refractivity contribution in [3.05, 3.63) is 88.2 Å². The second kappa shape index (κ2) is 12.2. The molecule has 3 N–H and O–H groups in total. The molecule has 0 amide bonds. The van der Waals surface area contributed by atoms with Gasteiger partial charge in [0, 0.05) is 44.0 Å². The lowest BCUT2D eigenvalue weighted by Gasteiger charge is -2.40. The summed E-state index contributed by atoms with van der Waals surface area (Å²) < 4.78 is 43.4. The quantitative estimate of drug-likeness (QED) is 0.311. The predicted octanol–water partition coefficient (Wildman–Crippen LogP) is 4.07. The Hall–Kier alpha value is -3.01. The summed E-state index contributed by atoms with van der Waals surface area (Å²) >= 11 is 0. The van der Waals surface area contributed by atoms with Crippen molar-refractivity contribution < 1.29 is 23.1 Å². The molecule has 2 aromatic carbocycles. The first kappa shape index (κ1) is 30.0. The number of aldehydes is 1. The Kier molecular flexibility index (Phi) is 9.17. The van der Waals surface area contributed by atoms with Crippen molar-refractivity contribution in [1.29, 1.82) is 0 Å². The van der Waals surface area contributed by atoms with Crippen LogP contribution in [0.15, 0.2) is 48.7 Å². The summed E-state index contributed by atoms with van der Waals surface area (Å²) in [4.78, 5) is 10.9. The maximum atomic E-state index is 13.9. The molecule has 3 aromatic rings. The molecular formula is C31H39F3N4O2. The number of aryl methyl sites for hydroxylation is 2. The van der Waals surface area contributed by atoms with E-state index in [4.69, 9.17) is 0 Å². The van der Waals surface area contributed by atoms with Gasteiger partial charge in [-0.3, -0.25) is 4.68 Å². The molecule has 0 fully saturated rings. The first-order chi connectivity index (χ1) is 18.9. The summed E-state index contributed by atoms with van der Waals surface area (Å²) in [5.41, 5.74) is 4.25. The number of aliphatic hydroxyl groups excluding tert-OH is 1. The lowest BCUT2D eigenvalue weighted by atomic mass is 9.74. The topological polar surface area (TPSA) is 79.2 Å². The molecule has 4 rings (SSSR count). The van der Waals surface area contributed by atoms with E-state index >= 15 is 0 Å². The van der Waals surface area contributed by atoms with Gasteiger partial charge in [0.25, 0.3) is 0 Å². The van der Waals surface area contributed by atoms with Crippen LogP contribution in [0, 0.1) is 11.6 Å². The van der Waals surface area contributed by atoms with Crippen molar-refractivity contribution in [3.8, 4) is 0 Å². The van der Waals surface area contributed by atoms with E-state index in [2.05, 4.69) is 60.8 Å². The maximum Gasteiger partial charge on any atom is 0.167 e. The van der Waals surface area contributed by atoms with Gasteiger partial charge in [0.15, 0.2) is 12.5 Å². The van der Waals surface area contributed by atoms with E-state index in [9.17, 15) is 23.1 Å². The zero-order valence-electron chi connectivity index (χ0n) is 23.6. The molecule has 0 spiro atoms. The van der Waals surface area contributed by atoms with Crippen molar-refractivity contribution in [2.45, 2.75) is 75.7 Å². The predicted molar refractivity (Wildman–Crippen MR) is 149 cm³/mol. The van der Waals surface area contributed by atoms with E-state index in [0.29, 0.717) is 12.0 Å². The van der Waals surface area contributed by atoms with Gasteiger partial charge in [0.2, 0.25) is 0 Å². The van der Waals surface area contributed by atoms with Crippen LogP contribution in [0.25, 0.3) is 0 Å². The van der Waals surface area contributed by atoms with Gasteiger partial charge in [-0.15, -0.1) is 0 Å². The molecule has 0 bridgehead atoms. The van der Waals surface area contributed by atoms with Crippen LogP contribution in [0.4, 0.5) is 13.2 Å². The highest BCUT2D eigenvalue weighted by Gasteiger charge is 2.38. The summed E-state index contributed by atoms with van der Waals surface area (Å²) in [5.74, 6) is -1.46. The molecule has 4 atom stereocenters. The average molecular weight is 557 g/mol. The van der Waals surface area contributed by atoms with Crippen LogP contribution in [0.5, 0.6) is 0 Å². The van der Waals surface area contributed by atoms with Crippen LogP contribution >= 0.6 is 0 Å². The molecule has 0 saturated heterocycles. The van der Waals surface area contributed by atoms with Crippen LogP contribution in [-0.2, 0) is 42.1 Å². The molecule has 1 aromatic heterocycles. The van der Waals surface area contributed by atoms with E-state index in [1.165, 1.54) is 17.7 Å². The summed E-state index contributed by atoms with van der Waals surface area (Å²) in [6.07, 6.45) is 1.61. The van der Waals surface area contributed by atoms with Crippen molar-refractivity contribution in [2.24, 2.45) is 7.05 Å². The van der Waals surface area contributed by atoms with E-state index in [1.807, 2.05) is 17.9 Å². The van der Waals surface area contributed by atoms with Gasteiger partial charge in [0.05, 0.1) is 11.8 Å². The van der Waals surface area contributed by atoms with E-state index < -0.39 is 35.5 Å². The number of aromatic nitrogens is 2. The third kappa shape index (κ3) is 7.19. The zero-order chi connectivity index (χ0) is 29.1. The molecular weight excluding hydrogens is 517 g/mol. The fourth-order valence-corrected chi connectivity index (χ4v) is 5.55. The lowest BCUT2D eigenvalue weighted by molar-refractivity contribution is -0.111. The molecule has 1 heterocycles. The molecule has 216 valence electrons. The second-order valence-electron chi connectivity index (χ2n) is 12.0. The van der Waals surface area contributed by atoms with Gasteiger partial charge < -0.3 is 20.5 Å². The Labute approximate surface area is 234 Å². The van der Waals surface area contributed by atoms with Crippen LogP contribution in [0.2, 0.25) is 0 Å². The molecule has 0 radical (unpaired) electrons. The number of halogens is 3. The number of benzene rings is 2. The third-order valence-electron chi connectivity index (χ3n) is 7.77. The molecule has 1 aliphatic carbocycles. The Morgan fingerprint density at radius 3 is 2.55 bits per heavy atom. The maximum absolute atomic E-state index is 13.9. The van der Waals surface area contributed by atoms with Gasteiger partial charge >= 0.3 is 0 Å². The lowest BCUT2D eigenvalue weighted by Crippen LogP contribution is -2.54. The van der Waals surface area contributed by atoms with Gasteiger partial charge in [-0.25, -0.2) is 13.2 Å². The summed E-state index contributed by atoms with van der Waals surface area (Å²) in [6, 6.07) is 10.9. The first-order valence-electron chi connectivity index (χ1n) is 13.7. The van der Waals surface area contributed by atoms with Crippen LogP contribution in [0.3, 0.4) is 0 Å². The van der Waals surface area contributed by atoms with Crippen molar-refractivity contribution in [3.63, 3.8) is 0 Å². The number of aliphatic hydroxyl groups is 1. The summed E-state index contributed by atoms with van der Waals surface area (Å²) in [6.45, 7) is 6.31. The molecule has 0 aliphatic heterocycles. The van der Waals surface area contributed by atoms with Gasteiger partial charge in [0.1, 0.15) is 11.6 Å². The first-order valence-corrected chi connectivity index (χ1v) is 13.7. The van der Waals surface area contributed by atoms with E-state index in [-0.39, 0.29) is 31.2 Å². The van der Waals surface area contributed by atoms with Crippen molar-refractivity contribution in [1.82, 2.24) is 20.4 Å². The molecule has 1 aliphatic rings. The number of carbonyl (C=O) groups excluding carboxylic acids is 1. The number of rotatable bonds is 11. The van der Waals surface area contributed by atoms with Crippen LogP contribution < -0.4 is 10.6 Å². The number of hydrogen-bond acceptors (Lipinski definition) is 5. The number of carbonyl (C=O) groups is 1. The Balaban J connectivity index is 1.61. The van der Waals surface area contributed by atoms with Crippen LogP contribution in [0.1, 0.15) is 55.1 Å². The number of nitrogens with one attached hydrogen (secondary N) is 2. The fourth-order valence-electron chi connectivity index (χ4n) is 5.55. The zero-order valence-corrected chi connectivity index (χ0v) is 23.6. The molecule has 4 unspecified atom stereocenters. The van der Waals surface area contributed by atoms with Crippen LogP contribution in [-0.4, -0.2) is 52.6 Å². The van der Waals surface area contributed by atoms with Gasteiger partial charge in [-0.05, 0) is 65.5 Å². The monoisotopic (exact) mass is 556 g/mol. The number of nitrogens with zero attached hydrogens (tertiary/aromatic N) is 2. The Morgan fingerprint density at radius 1 is 1.15 bits per heavy atom. The number of fused-ring (bicyclic) bond motifs is 1. The minimum atomic E-state index is -1.76. The van der Waals surface area contributed by atoms with Gasteiger partial charge in [-0.1, -0.05) is 45.0 Å². The van der Waals surface area contributed by atoms with Gasteiger partial charge in [-0.2, -0.15) is 5.10 Å². The highest BCUT2D eigenvalue weighted by atomic mass is 19.1. The highest BCUT2D eigenvalue weighted by molar-refractivity contribution is 5.56. The fraction of sp³-hybridized carbons (Fsp3) is 0.484. The van der Waals surface area contributed by atoms with Crippen molar-refractivity contribution in [2.75, 3.05) is 13.1 Å². The molecule has 0 saturated carbocycles. The largest absolute Gasteiger partial charge is 0.390 e. The summed E-state index contributed by atoms with van der Waals surface area (Å²) in [7, 11) is 1.90. The van der Waals surface area contributed by atoms with Crippen molar-refractivity contribution >= 4 is 6.29 Å². The SMILES string of the molecule is Cn1cc2c(n1)CCC(NCC(O)C(Cc1cc(F)cc(F)c1)NCC(F)C=O)(c1cccc(C(C)(C)C)c1)C2. The smallest absolute Gasteiger partial charge is 0.167 e. The summed E-state index contributed by atoms with van der Waals surface area (Å²) in [5, 5.41) is 22.5. The average Bonchev–Trinajstić information content (AvgIpc) is 3.27. The number of alkyl halides is 1. The van der Waals surface area contributed by atoms with E-state index in [1.54, 1.807) is 0 Å². The molecule has 40 heavy (non-hydrogen) atoms. The van der Waals surface area contributed by atoms with E-state index in [0.717, 1.165) is 35.7 Å². The number of hydrogen-bond donors (Lipinski definition) is 3. The third-order valence-corrected chi connectivity index (χ3v) is 7.77. The molecule has 9 heteroatoms. The normalized spacial score (nSPS) is 19.6. The second-order valence-corrected chi connectivity index (χ2v) is 12.0.